The Labute approximate surface area is 148 Å². The first-order chi connectivity index (χ1) is 12.0. The maximum absolute atomic E-state index is 12.5. The number of anilines is 1. The number of amides is 1. The number of rotatable bonds is 4. The van der Waals surface area contributed by atoms with Crippen molar-refractivity contribution >= 4 is 21.6 Å². The smallest absolute Gasteiger partial charge is 0.251 e. The molecule has 1 amide bonds. The maximum Gasteiger partial charge on any atom is 0.251 e. The lowest BCUT2D eigenvalue weighted by molar-refractivity contribution is 0.0940. The highest BCUT2D eigenvalue weighted by molar-refractivity contribution is 7.92. The second-order valence-electron chi connectivity index (χ2n) is 6.25. The van der Waals surface area contributed by atoms with Crippen LogP contribution in [0.25, 0.3) is 0 Å². The Balaban J connectivity index is 1.78. The minimum absolute atomic E-state index is 0.129. The van der Waals surface area contributed by atoms with Gasteiger partial charge in [-0.3, -0.25) is 9.10 Å². The molecule has 1 atom stereocenters. The summed E-state index contributed by atoms with van der Waals surface area (Å²) in [6.07, 6.45) is 1.52. The maximum atomic E-state index is 12.5. The van der Waals surface area contributed by atoms with Crippen molar-refractivity contribution in [3.8, 4) is 0 Å². The monoisotopic (exact) mass is 358 g/mol. The van der Waals surface area contributed by atoms with Gasteiger partial charge in [-0.1, -0.05) is 36.4 Å². The van der Waals surface area contributed by atoms with Gasteiger partial charge >= 0.3 is 0 Å². The van der Waals surface area contributed by atoms with Crippen molar-refractivity contribution in [2.24, 2.45) is 0 Å². The normalized spacial score (nSPS) is 17.7. The number of carbonyl (C=O) groups is 1. The molecule has 2 aromatic carbocycles. The number of nitrogens with zero attached hydrogens (tertiary/aromatic N) is 1. The van der Waals surface area contributed by atoms with E-state index in [1.165, 1.54) is 4.31 Å². The summed E-state index contributed by atoms with van der Waals surface area (Å²) in [7, 11) is -3.28. The molecule has 0 spiro atoms. The Kier molecular flexibility index (Phi) is 5.08. The Morgan fingerprint density at radius 3 is 2.56 bits per heavy atom. The Bertz CT molecular complexity index is 850. The number of benzene rings is 2. The molecule has 1 aliphatic rings. The summed E-state index contributed by atoms with van der Waals surface area (Å²) in [5, 5.41) is 2.96. The van der Waals surface area contributed by atoms with Gasteiger partial charge in [-0.25, -0.2) is 8.42 Å². The first-order valence-corrected chi connectivity index (χ1v) is 10.0. The van der Waals surface area contributed by atoms with Gasteiger partial charge in [0.15, 0.2) is 0 Å². The number of nitrogens with one attached hydrogen (secondary N) is 1. The molecule has 1 fully saturated rings. The van der Waals surface area contributed by atoms with Crippen molar-refractivity contribution in [2.45, 2.75) is 25.8 Å². The van der Waals surface area contributed by atoms with Gasteiger partial charge in [-0.05, 0) is 43.5 Å². The lowest BCUT2D eigenvalue weighted by atomic mass is 10.1. The van der Waals surface area contributed by atoms with E-state index in [9.17, 15) is 13.2 Å². The largest absolute Gasteiger partial charge is 0.346 e. The fourth-order valence-electron chi connectivity index (χ4n) is 2.99. The topological polar surface area (TPSA) is 66.5 Å². The van der Waals surface area contributed by atoms with Crippen LogP contribution in [-0.4, -0.2) is 26.6 Å². The van der Waals surface area contributed by atoms with Gasteiger partial charge in [0.25, 0.3) is 5.91 Å². The highest BCUT2D eigenvalue weighted by Gasteiger charge is 2.26. The van der Waals surface area contributed by atoms with E-state index in [0.29, 0.717) is 24.2 Å². The van der Waals surface area contributed by atoms with Crippen molar-refractivity contribution in [3.05, 3.63) is 65.7 Å². The van der Waals surface area contributed by atoms with Crippen molar-refractivity contribution in [2.75, 3.05) is 16.6 Å². The second-order valence-corrected chi connectivity index (χ2v) is 8.26. The molecule has 1 heterocycles. The minimum atomic E-state index is -3.28. The first kappa shape index (κ1) is 17.5. The van der Waals surface area contributed by atoms with Crippen LogP contribution in [0, 0.1) is 0 Å². The van der Waals surface area contributed by atoms with Crippen molar-refractivity contribution in [1.82, 2.24) is 5.32 Å². The third-order valence-electron chi connectivity index (χ3n) is 4.39. The summed E-state index contributed by atoms with van der Waals surface area (Å²) in [6, 6.07) is 16.4. The van der Waals surface area contributed by atoms with Gasteiger partial charge < -0.3 is 5.32 Å². The Morgan fingerprint density at radius 1 is 1.08 bits per heavy atom. The van der Waals surface area contributed by atoms with Gasteiger partial charge in [0.2, 0.25) is 10.0 Å². The van der Waals surface area contributed by atoms with E-state index < -0.39 is 10.0 Å². The third-order valence-corrected chi connectivity index (χ3v) is 6.26. The van der Waals surface area contributed by atoms with Gasteiger partial charge in [-0.15, -0.1) is 0 Å². The van der Waals surface area contributed by atoms with Crippen LogP contribution in [0.3, 0.4) is 0 Å². The van der Waals surface area contributed by atoms with Crippen LogP contribution in [0.4, 0.5) is 5.69 Å². The van der Waals surface area contributed by atoms with Crippen LogP contribution >= 0.6 is 0 Å². The average Bonchev–Trinajstić information content (AvgIpc) is 2.62. The van der Waals surface area contributed by atoms with Crippen LogP contribution in [0.1, 0.15) is 41.7 Å². The van der Waals surface area contributed by atoms with Gasteiger partial charge in [0, 0.05) is 12.1 Å². The van der Waals surface area contributed by atoms with Crippen molar-refractivity contribution in [3.63, 3.8) is 0 Å². The summed E-state index contributed by atoms with van der Waals surface area (Å²) in [6.45, 7) is 2.39. The van der Waals surface area contributed by atoms with E-state index in [4.69, 9.17) is 0 Å². The SMILES string of the molecule is C[C@H](NC(=O)c1cccc(N2CCCCS2(=O)=O)c1)c1ccccc1. The Morgan fingerprint density at radius 2 is 1.84 bits per heavy atom. The van der Waals surface area contributed by atoms with E-state index in [2.05, 4.69) is 5.32 Å². The van der Waals surface area contributed by atoms with Crippen LogP contribution in [-0.2, 0) is 10.0 Å². The van der Waals surface area contributed by atoms with Crippen molar-refractivity contribution in [1.29, 1.82) is 0 Å². The molecule has 0 unspecified atom stereocenters. The highest BCUT2D eigenvalue weighted by atomic mass is 32.2. The molecule has 25 heavy (non-hydrogen) atoms. The molecule has 5 nitrogen and oxygen atoms in total. The molecule has 3 rings (SSSR count). The third kappa shape index (κ3) is 4.02. The van der Waals surface area contributed by atoms with Gasteiger partial charge in [0.05, 0.1) is 17.5 Å². The molecule has 2 aromatic rings. The molecule has 0 saturated carbocycles. The molecule has 132 valence electrons. The molecule has 0 aliphatic carbocycles. The average molecular weight is 358 g/mol. The van der Waals surface area contributed by atoms with Crippen LogP contribution < -0.4 is 9.62 Å². The summed E-state index contributed by atoms with van der Waals surface area (Å²) < 4.78 is 25.9. The fourth-order valence-corrected chi connectivity index (χ4v) is 4.62. The molecular formula is C19H22N2O3S. The van der Waals surface area contributed by atoms with E-state index in [1.807, 2.05) is 37.3 Å². The molecule has 0 bridgehead atoms. The molecule has 6 heteroatoms. The zero-order chi connectivity index (χ0) is 17.9. The van der Waals surface area contributed by atoms with Crippen LogP contribution in [0.2, 0.25) is 0 Å². The van der Waals surface area contributed by atoms with Crippen molar-refractivity contribution < 1.29 is 13.2 Å². The molecule has 1 saturated heterocycles. The first-order valence-electron chi connectivity index (χ1n) is 8.44. The number of hydrogen-bond acceptors (Lipinski definition) is 3. The molecular weight excluding hydrogens is 336 g/mol. The fraction of sp³-hybridized carbons (Fsp3) is 0.316. The molecule has 1 aliphatic heterocycles. The standard InChI is InChI=1S/C19H22N2O3S/c1-15(16-8-3-2-4-9-16)20-19(22)17-10-7-11-18(14-17)21-12-5-6-13-25(21,23)24/h2-4,7-11,14-15H,5-6,12-13H2,1H3,(H,20,22)/t15-/m0/s1. The summed E-state index contributed by atoms with van der Waals surface area (Å²) in [4.78, 5) is 12.5. The number of hydrogen-bond donors (Lipinski definition) is 1. The second kappa shape index (κ2) is 7.27. The molecule has 1 N–H and O–H groups in total. The lowest BCUT2D eigenvalue weighted by Gasteiger charge is -2.28. The minimum Gasteiger partial charge on any atom is -0.346 e. The van der Waals surface area contributed by atoms with E-state index in [0.717, 1.165) is 12.0 Å². The predicted octanol–water partition coefficient (Wildman–Crippen LogP) is 3.11. The van der Waals surface area contributed by atoms with E-state index in [-0.39, 0.29) is 17.7 Å². The van der Waals surface area contributed by atoms with Gasteiger partial charge in [-0.2, -0.15) is 0 Å². The predicted molar refractivity (Wildman–Crippen MR) is 99.1 cm³/mol. The zero-order valence-electron chi connectivity index (χ0n) is 14.2. The van der Waals surface area contributed by atoms with Crippen LogP contribution in [0.5, 0.6) is 0 Å². The van der Waals surface area contributed by atoms with E-state index in [1.54, 1.807) is 24.3 Å². The summed E-state index contributed by atoms with van der Waals surface area (Å²) >= 11 is 0. The lowest BCUT2D eigenvalue weighted by Crippen LogP contribution is -2.38. The highest BCUT2D eigenvalue weighted by Crippen LogP contribution is 2.24. The molecule has 0 aromatic heterocycles. The van der Waals surface area contributed by atoms with Gasteiger partial charge in [0.1, 0.15) is 0 Å². The van der Waals surface area contributed by atoms with Crippen LogP contribution in [0.15, 0.2) is 54.6 Å². The summed E-state index contributed by atoms with van der Waals surface area (Å²) in [5.74, 6) is -0.0540. The number of carbonyl (C=O) groups excluding carboxylic acids is 1. The molecule has 0 radical (unpaired) electrons. The number of sulfonamides is 1. The summed E-state index contributed by atoms with van der Waals surface area (Å²) in [5.41, 5.74) is 2.03. The zero-order valence-corrected chi connectivity index (χ0v) is 15.0. The Hall–Kier alpha value is -2.34. The quantitative estimate of drug-likeness (QED) is 0.913. The van der Waals surface area contributed by atoms with E-state index >= 15 is 0 Å².